The number of hydrogen-bond donors (Lipinski definition) is 0. The molecule has 0 saturated carbocycles. The molecule has 0 aliphatic heterocycles. The van der Waals surface area contributed by atoms with Crippen molar-refractivity contribution in [2.45, 2.75) is 0 Å². The van der Waals surface area contributed by atoms with Gasteiger partial charge in [0, 0.05) is 4.88 Å². The molecule has 1 aromatic heterocycles. The van der Waals surface area contributed by atoms with Gasteiger partial charge < -0.3 is 0 Å². The van der Waals surface area contributed by atoms with Gasteiger partial charge in [-0.05, 0) is 17.0 Å². The summed E-state index contributed by atoms with van der Waals surface area (Å²) in [7, 11) is 0. The molecule has 1 heteroatoms. The lowest BCUT2D eigenvalue weighted by Crippen LogP contribution is -1.67. The molecule has 0 nitrogen and oxygen atoms in total. The Morgan fingerprint density at radius 1 is 1.55 bits per heavy atom. The standard InChI is InChI=1S/C10H10S/c1-3-4-6-9(2)10-7-5-8-11-10/h3-8H,1-2H2/b6-4-. The molecule has 0 fully saturated rings. The van der Waals surface area contributed by atoms with E-state index in [-0.39, 0.29) is 0 Å². The van der Waals surface area contributed by atoms with Crippen molar-refractivity contribution in [3.63, 3.8) is 0 Å². The van der Waals surface area contributed by atoms with E-state index >= 15 is 0 Å². The van der Waals surface area contributed by atoms with Gasteiger partial charge in [0.15, 0.2) is 0 Å². The van der Waals surface area contributed by atoms with Crippen molar-refractivity contribution in [3.8, 4) is 0 Å². The fraction of sp³-hybridized carbons (Fsp3) is 0. The Morgan fingerprint density at radius 2 is 2.36 bits per heavy atom. The highest BCUT2D eigenvalue weighted by molar-refractivity contribution is 7.11. The summed E-state index contributed by atoms with van der Waals surface area (Å²) in [6.07, 6.45) is 5.60. The average molecular weight is 162 g/mol. The van der Waals surface area contributed by atoms with E-state index in [1.807, 2.05) is 23.6 Å². The largest absolute Gasteiger partial charge is 0.144 e. The van der Waals surface area contributed by atoms with Crippen LogP contribution in [0.15, 0.2) is 48.9 Å². The molecule has 11 heavy (non-hydrogen) atoms. The summed E-state index contributed by atoms with van der Waals surface area (Å²) in [6.45, 7) is 7.50. The number of thiophene rings is 1. The Balaban J connectivity index is 2.71. The lowest BCUT2D eigenvalue weighted by atomic mass is 10.2. The highest BCUT2D eigenvalue weighted by Crippen LogP contribution is 2.18. The third kappa shape index (κ3) is 2.20. The van der Waals surface area contributed by atoms with Crippen LogP contribution in [-0.4, -0.2) is 0 Å². The van der Waals surface area contributed by atoms with Gasteiger partial charge in [0.1, 0.15) is 0 Å². The van der Waals surface area contributed by atoms with Crippen molar-refractivity contribution in [2.75, 3.05) is 0 Å². The fourth-order valence-corrected chi connectivity index (χ4v) is 1.41. The molecule has 0 radical (unpaired) electrons. The maximum absolute atomic E-state index is 3.91. The van der Waals surface area contributed by atoms with Gasteiger partial charge in [-0.3, -0.25) is 0 Å². The predicted molar refractivity (Wildman–Crippen MR) is 52.7 cm³/mol. The molecule has 0 amide bonds. The topological polar surface area (TPSA) is 0 Å². The molecule has 0 aliphatic rings. The fourth-order valence-electron chi connectivity index (χ4n) is 0.728. The van der Waals surface area contributed by atoms with Crippen LogP contribution >= 0.6 is 11.3 Å². The van der Waals surface area contributed by atoms with Gasteiger partial charge in [-0.1, -0.05) is 37.5 Å². The molecular weight excluding hydrogens is 152 g/mol. The van der Waals surface area contributed by atoms with Crippen molar-refractivity contribution >= 4 is 16.9 Å². The Bertz CT molecular complexity index is 265. The summed E-state index contributed by atoms with van der Waals surface area (Å²) < 4.78 is 0. The summed E-state index contributed by atoms with van der Waals surface area (Å²) in [5.41, 5.74) is 1.04. The lowest BCUT2D eigenvalue weighted by Gasteiger charge is -1.91. The third-order valence-electron chi connectivity index (χ3n) is 1.27. The van der Waals surface area contributed by atoms with Gasteiger partial charge in [-0.25, -0.2) is 0 Å². The first kappa shape index (κ1) is 8.02. The van der Waals surface area contributed by atoms with E-state index in [0.717, 1.165) is 5.57 Å². The van der Waals surface area contributed by atoms with Crippen LogP contribution in [0.5, 0.6) is 0 Å². The van der Waals surface area contributed by atoms with E-state index in [0.29, 0.717) is 0 Å². The monoisotopic (exact) mass is 162 g/mol. The minimum atomic E-state index is 1.04. The number of rotatable bonds is 3. The summed E-state index contributed by atoms with van der Waals surface area (Å²) in [6, 6.07) is 4.08. The second-order valence-corrected chi connectivity index (χ2v) is 3.05. The Morgan fingerprint density at radius 3 is 2.91 bits per heavy atom. The SMILES string of the molecule is C=C/C=C\C(=C)c1cccs1. The van der Waals surface area contributed by atoms with E-state index in [2.05, 4.69) is 19.2 Å². The molecule has 1 rings (SSSR count). The quantitative estimate of drug-likeness (QED) is 0.597. The molecular formula is C10H10S. The average Bonchev–Trinajstić information content (AvgIpc) is 2.52. The molecule has 0 N–H and O–H groups in total. The minimum absolute atomic E-state index is 1.04. The maximum atomic E-state index is 3.91. The zero-order valence-electron chi connectivity index (χ0n) is 6.29. The Labute approximate surface area is 71.2 Å². The van der Waals surface area contributed by atoms with Gasteiger partial charge in [0.05, 0.1) is 0 Å². The first-order valence-electron chi connectivity index (χ1n) is 3.36. The van der Waals surface area contributed by atoms with Gasteiger partial charge in [0.2, 0.25) is 0 Å². The van der Waals surface area contributed by atoms with E-state index in [1.165, 1.54) is 4.88 Å². The van der Waals surface area contributed by atoms with E-state index < -0.39 is 0 Å². The molecule has 1 aromatic rings. The minimum Gasteiger partial charge on any atom is -0.144 e. The maximum Gasteiger partial charge on any atom is 0.0336 e. The molecule has 0 aromatic carbocycles. The lowest BCUT2D eigenvalue weighted by molar-refractivity contribution is 1.86. The van der Waals surface area contributed by atoms with Crippen LogP contribution < -0.4 is 0 Å². The molecule has 0 atom stereocenters. The van der Waals surface area contributed by atoms with Gasteiger partial charge in [-0.2, -0.15) is 0 Å². The molecule has 0 unspecified atom stereocenters. The molecule has 1 heterocycles. The first-order chi connectivity index (χ1) is 5.34. The Hall–Kier alpha value is -1.08. The van der Waals surface area contributed by atoms with Crippen molar-refractivity contribution in [1.82, 2.24) is 0 Å². The van der Waals surface area contributed by atoms with Gasteiger partial charge >= 0.3 is 0 Å². The van der Waals surface area contributed by atoms with E-state index in [1.54, 1.807) is 17.4 Å². The van der Waals surface area contributed by atoms with Crippen LogP contribution in [0.3, 0.4) is 0 Å². The second kappa shape index (κ2) is 3.94. The van der Waals surface area contributed by atoms with Gasteiger partial charge in [-0.15, -0.1) is 11.3 Å². The van der Waals surface area contributed by atoms with Crippen LogP contribution in [0.1, 0.15) is 4.88 Å². The Kier molecular flexibility index (Phi) is 2.87. The normalized spacial score (nSPS) is 10.2. The third-order valence-corrected chi connectivity index (χ3v) is 2.22. The highest BCUT2D eigenvalue weighted by Gasteiger charge is 1.92. The molecule has 0 spiro atoms. The number of hydrogen-bond acceptors (Lipinski definition) is 1. The van der Waals surface area contributed by atoms with Crippen molar-refractivity contribution in [2.24, 2.45) is 0 Å². The summed E-state index contributed by atoms with van der Waals surface area (Å²) in [5, 5.41) is 2.04. The van der Waals surface area contributed by atoms with Crippen LogP contribution in [0, 0.1) is 0 Å². The van der Waals surface area contributed by atoms with E-state index in [9.17, 15) is 0 Å². The van der Waals surface area contributed by atoms with Crippen molar-refractivity contribution in [1.29, 1.82) is 0 Å². The van der Waals surface area contributed by atoms with E-state index in [4.69, 9.17) is 0 Å². The molecule has 0 bridgehead atoms. The summed E-state index contributed by atoms with van der Waals surface area (Å²) in [5.74, 6) is 0. The van der Waals surface area contributed by atoms with Crippen LogP contribution in [-0.2, 0) is 0 Å². The summed E-state index contributed by atoms with van der Waals surface area (Å²) >= 11 is 1.70. The smallest absolute Gasteiger partial charge is 0.0336 e. The predicted octanol–water partition coefficient (Wildman–Crippen LogP) is 3.50. The molecule has 0 saturated heterocycles. The van der Waals surface area contributed by atoms with Crippen LogP contribution in [0.2, 0.25) is 0 Å². The van der Waals surface area contributed by atoms with Gasteiger partial charge in [0.25, 0.3) is 0 Å². The zero-order valence-corrected chi connectivity index (χ0v) is 7.10. The van der Waals surface area contributed by atoms with Crippen LogP contribution in [0.25, 0.3) is 5.57 Å². The van der Waals surface area contributed by atoms with Crippen molar-refractivity contribution < 1.29 is 0 Å². The summed E-state index contributed by atoms with van der Waals surface area (Å²) in [4.78, 5) is 1.21. The van der Waals surface area contributed by atoms with Crippen molar-refractivity contribution in [3.05, 3.63) is 53.8 Å². The molecule has 0 aliphatic carbocycles. The van der Waals surface area contributed by atoms with Crippen LogP contribution in [0.4, 0.5) is 0 Å². The second-order valence-electron chi connectivity index (χ2n) is 2.10. The zero-order chi connectivity index (χ0) is 8.10. The molecule has 56 valence electrons. The first-order valence-corrected chi connectivity index (χ1v) is 4.24. The highest BCUT2D eigenvalue weighted by atomic mass is 32.1. The number of allylic oxidation sites excluding steroid dienone is 4.